The van der Waals surface area contributed by atoms with Gasteiger partial charge in [0.05, 0.1) is 0 Å². The van der Waals surface area contributed by atoms with Crippen LogP contribution in [0.5, 0.6) is 0 Å². The first-order valence-corrected chi connectivity index (χ1v) is 8.66. The maximum absolute atomic E-state index is 12.2. The average Bonchev–Trinajstić information content (AvgIpc) is 2.91. The third-order valence-electron chi connectivity index (χ3n) is 4.29. The molecule has 0 aliphatic carbocycles. The van der Waals surface area contributed by atoms with Crippen molar-refractivity contribution in [3.8, 4) is 0 Å². The fraction of sp³-hybridized carbons (Fsp3) is 0.667. The van der Waals surface area contributed by atoms with Gasteiger partial charge in [-0.3, -0.25) is 4.79 Å². The van der Waals surface area contributed by atoms with Crippen molar-refractivity contribution in [2.75, 3.05) is 31.6 Å². The minimum Gasteiger partial charge on any atom is -0.341 e. The lowest BCUT2D eigenvalue weighted by molar-refractivity contribution is 0.236. The van der Waals surface area contributed by atoms with Gasteiger partial charge in [0.15, 0.2) is 0 Å². The predicted molar refractivity (Wildman–Crippen MR) is 90.0 cm³/mol. The number of fused-ring (bicyclic) bond motifs is 1. The number of piperazine rings is 1. The molecule has 1 aliphatic heterocycles. The van der Waals surface area contributed by atoms with Crippen molar-refractivity contribution >= 4 is 21.4 Å². The number of nitrogens with zero attached hydrogens (tertiary/aromatic N) is 5. The van der Waals surface area contributed by atoms with Crippen LogP contribution in [0.2, 0.25) is 0 Å². The molecule has 1 aliphatic rings. The molecule has 2 aromatic heterocycles. The summed E-state index contributed by atoms with van der Waals surface area (Å²) in [7, 11) is 2.16. The van der Waals surface area contributed by atoms with Gasteiger partial charge in [-0.2, -0.15) is 4.52 Å². The molecule has 7 heteroatoms. The van der Waals surface area contributed by atoms with Crippen LogP contribution in [0.15, 0.2) is 10.9 Å². The van der Waals surface area contributed by atoms with Crippen molar-refractivity contribution in [2.24, 2.45) is 5.92 Å². The number of aromatic nitrogens is 3. The highest BCUT2D eigenvalue weighted by Gasteiger charge is 2.30. The van der Waals surface area contributed by atoms with Crippen LogP contribution in [0.25, 0.3) is 4.96 Å². The van der Waals surface area contributed by atoms with Gasteiger partial charge >= 0.3 is 0 Å². The van der Waals surface area contributed by atoms with E-state index in [2.05, 4.69) is 40.8 Å². The van der Waals surface area contributed by atoms with Crippen molar-refractivity contribution in [1.82, 2.24) is 19.5 Å². The Hall–Kier alpha value is -1.47. The first-order chi connectivity index (χ1) is 10.5. The van der Waals surface area contributed by atoms with Gasteiger partial charge in [-0.25, -0.2) is 4.98 Å². The summed E-state index contributed by atoms with van der Waals surface area (Å²) in [5.74, 6) is 0.533. The summed E-state index contributed by atoms with van der Waals surface area (Å²) in [6.07, 6.45) is 0.766. The van der Waals surface area contributed by atoms with E-state index in [0.29, 0.717) is 16.9 Å². The first kappa shape index (κ1) is 15.4. The normalized spacial score (nSPS) is 20.2. The molecule has 0 aromatic carbocycles. The molecule has 22 heavy (non-hydrogen) atoms. The standard InChI is InChI=1S/C15H23N5OS/c1-5-11-8-13(21)20-14(16-11)22-15(17-20)19-7-6-18(4)9-12(19)10(2)3/h8,10,12H,5-7,9H2,1-4H3. The van der Waals surface area contributed by atoms with Crippen LogP contribution < -0.4 is 10.5 Å². The van der Waals surface area contributed by atoms with E-state index in [4.69, 9.17) is 0 Å². The number of aryl methyl sites for hydroxylation is 1. The number of likely N-dealkylation sites (N-methyl/N-ethyl adjacent to an activating group) is 1. The average molecular weight is 321 g/mol. The molecule has 1 fully saturated rings. The second kappa shape index (κ2) is 5.96. The van der Waals surface area contributed by atoms with Gasteiger partial charge in [0, 0.05) is 37.4 Å². The van der Waals surface area contributed by atoms with Gasteiger partial charge in [-0.15, -0.1) is 5.10 Å². The molecule has 6 nitrogen and oxygen atoms in total. The molecule has 1 unspecified atom stereocenters. The number of hydrogen-bond donors (Lipinski definition) is 0. The zero-order chi connectivity index (χ0) is 15.9. The third-order valence-corrected chi connectivity index (χ3v) is 5.23. The molecule has 1 saturated heterocycles. The van der Waals surface area contributed by atoms with Crippen LogP contribution in [0.4, 0.5) is 5.13 Å². The molecule has 120 valence electrons. The summed E-state index contributed by atoms with van der Waals surface area (Å²) < 4.78 is 1.44. The molecule has 3 heterocycles. The van der Waals surface area contributed by atoms with E-state index in [1.165, 1.54) is 15.9 Å². The molecular weight excluding hydrogens is 298 g/mol. The Morgan fingerprint density at radius 1 is 1.41 bits per heavy atom. The fourth-order valence-corrected chi connectivity index (χ4v) is 3.91. The van der Waals surface area contributed by atoms with Crippen LogP contribution in [0.3, 0.4) is 0 Å². The molecular formula is C15H23N5OS. The second-order valence-electron chi connectivity index (χ2n) is 6.29. The predicted octanol–water partition coefficient (Wildman–Crippen LogP) is 1.49. The van der Waals surface area contributed by atoms with Crippen molar-refractivity contribution in [1.29, 1.82) is 0 Å². The highest BCUT2D eigenvalue weighted by molar-refractivity contribution is 7.20. The molecule has 0 N–H and O–H groups in total. The molecule has 2 aromatic rings. The largest absolute Gasteiger partial charge is 0.341 e. The van der Waals surface area contributed by atoms with Gasteiger partial charge < -0.3 is 9.80 Å². The summed E-state index contributed by atoms with van der Waals surface area (Å²) in [4.78, 5) is 22.1. The van der Waals surface area contributed by atoms with Crippen molar-refractivity contribution in [2.45, 2.75) is 33.2 Å². The first-order valence-electron chi connectivity index (χ1n) is 7.84. The van der Waals surface area contributed by atoms with E-state index in [0.717, 1.165) is 36.9 Å². The van der Waals surface area contributed by atoms with Gasteiger partial charge in [-0.1, -0.05) is 32.1 Å². The second-order valence-corrected chi connectivity index (χ2v) is 7.22. The molecule has 0 spiro atoms. The van der Waals surface area contributed by atoms with Gasteiger partial charge in [-0.05, 0) is 19.4 Å². The number of rotatable bonds is 3. The summed E-state index contributed by atoms with van der Waals surface area (Å²) >= 11 is 1.52. The van der Waals surface area contributed by atoms with E-state index in [-0.39, 0.29) is 5.56 Å². The van der Waals surface area contributed by atoms with E-state index in [1.807, 2.05) is 6.92 Å². The van der Waals surface area contributed by atoms with Gasteiger partial charge in [0.25, 0.3) is 5.56 Å². The quantitative estimate of drug-likeness (QED) is 0.857. The van der Waals surface area contributed by atoms with Crippen molar-refractivity contribution in [3.05, 3.63) is 22.1 Å². The number of anilines is 1. The van der Waals surface area contributed by atoms with Gasteiger partial charge in [0.2, 0.25) is 10.1 Å². The van der Waals surface area contributed by atoms with Crippen molar-refractivity contribution in [3.63, 3.8) is 0 Å². The van der Waals surface area contributed by atoms with Crippen LogP contribution in [0.1, 0.15) is 26.5 Å². The Morgan fingerprint density at radius 2 is 2.18 bits per heavy atom. The lowest BCUT2D eigenvalue weighted by Gasteiger charge is -2.41. The highest BCUT2D eigenvalue weighted by Crippen LogP contribution is 2.28. The van der Waals surface area contributed by atoms with E-state index < -0.39 is 0 Å². The smallest absolute Gasteiger partial charge is 0.275 e. The van der Waals surface area contributed by atoms with Crippen LogP contribution in [0, 0.1) is 5.92 Å². The van der Waals surface area contributed by atoms with E-state index >= 15 is 0 Å². The zero-order valence-electron chi connectivity index (χ0n) is 13.6. The Kier molecular flexibility index (Phi) is 4.18. The minimum absolute atomic E-state index is 0.0837. The van der Waals surface area contributed by atoms with Crippen LogP contribution in [-0.4, -0.2) is 52.2 Å². The topological polar surface area (TPSA) is 53.7 Å². The van der Waals surface area contributed by atoms with Gasteiger partial charge in [0.1, 0.15) is 0 Å². The summed E-state index contributed by atoms with van der Waals surface area (Å²) in [6, 6.07) is 2.00. The number of hydrogen-bond acceptors (Lipinski definition) is 6. The minimum atomic E-state index is -0.0837. The lowest BCUT2D eigenvalue weighted by Crippen LogP contribution is -2.54. The van der Waals surface area contributed by atoms with Crippen molar-refractivity contribution < 1.29 is 0 Å². The Morgan fingerprint density at radius 3 is 2.86 bits per heavy atom. The summed E-state index contributed by atoms with van der Waals surface area (Å²) in [6.45, 7) is 9.47. The molecule has 0 bridgehead atoms. The monoisotopic (exact) mass is 321 g/mol. The molecule has 0 saturated carbocycles. The fourth-order valence-electron chi connectivity index (χ4n) is 2.90. The van der Waals surface area contributed by atoms with Crippen LogP contribution >= 0.6 is 11.3 Å². The zero-order valence-corrected chi connectivity index (χ0v) is 14.4. The SMILES string of the molecule is CCc1cc(=O)n2nc(N3CCN(C)CC3C(C)C)sc2n1. The summed E-state index contributed by atoms with van der Waals surface area (Å²) in [5.41, 5.74) is 0.749. The Balaban J connectivity index is 2.02. The maximum Gasteiger partial charge on any atom is 0.275 e. The molecule has 0 amide bonds. The lowest BCUT2D eigenvalue weighted by atomic mass is 10.0. The maximum atomic E-state index is 12.2. The highest BCUT2D eigenvalue weighted by atomic mass is 32.1. The molecule has 3 rings (SSSR count). The molecule has 1 atom stereocenters. The Labute approximate surface area is 134 Å². The third kappa shape index (κ3) is 2.75. The molecule has 0 radical (unpaired) electrons. The van der Waals surface area contributed by atoms with E-state index in [9.17, 15) is 4.79 Å². The van der Waals surface area contributed by atoms with E-state index in [1.54, 1.807) is 6.07 Å². The summed E-state index contributed by atoms with van der Waals surface area (Å²) in [5, 5.41) is 5.44. The Bertz CT molecular complexity index is 722. The van der Waals surface area contributed by atoms with Crippen LogP contribution in [-0.2, 0) is 6.42 Å².